The number of nitrogens with two attached hydrogens (primary N) is 2. The largest absolute Gasteiger partial charge is 0.495 e. The van der Waals surface area contributed by atoms with Crippen LogP contribution in [-0.2, 0) is 4.79 Å². The first kappa shape index (κ1) is 25.2. The minimum Gasteiger partial charge on any atom is -0.495 e. The highest BCUT2D eigenvalue weighted by Crippen LogP contribution is 2.38. The van der Waals surface area contributed by atoms with Crippen LogP contribution in [0.15, 0.2) is 48.5 Å². The number of amides is 3. The maximum absolute atomic E-state index is 14.1. The summed E-state index contributed by atoms with van der Waals surface area (Å²) in [4.78, 5) is 41.1. The first-order valence-corrected chi connectivity index (χ1v) is 12.5. The number of ether oxygens (including phenoxy) is 1. The van der Waals surface area contributed by atoms with E-state index in [-0.39, 0.29) is 28.2 Å². The van der Waals surface area contributed by atoms with E-state index in [0.29, 0.717) is 17.0 Å². The van der Waals surface area contributed by atoms with Gasteiger partial charge in [0.1, 0.15) is 16.7 Å². The van der Waals surface area contributed by atoms with Gasteiger partial charge in [-0.05, 0) is 49.0 Å². The molecule has 1 heterocycles. The first-order valence-electron chi connectivity index (χ1n) is 11.7. The van der Waals surface area contributed by atoms with Gasteiger partial charge in [-0.25, -0.2) is 0 Å². The molecule has 2 aromatic carbocycles. The summed E-state index contributed by atoms with van der Waals surface area (Å²) in [5, 5.41) is 3.13. The van der Waals surface area contributed by atoms with Crippen LogP contribution in [-0.4, -0.2) is 35.2 Å². The molecule has 0 spiro atoms. The van der Waals surface area contributed by atoms with Crippen molar-refractivity contribution in [3.8, 4) is 5.75 Å². The van der Waals surface area contributed by atoms with Crippen molar-refractivity contribution in [3.63, 3.8) is 0 Å². The molecule has 0 unspecified atom stereocenters. The van der Waals surface area contributed by atoms with E-state index in [1.54, 1.807) is 24.3 Å². The molecule has 36 heavy (non-hydrogen) atoms. The summed E-state index contributed by atoms with van der Waals surface area (Å²) in [6, 6.07) is 13.4. The van der Waals surface area contributed by atoms with E-state index in [1.165, 1.54) is 12.0 Å². The predicted octanol–water partition coefficient (Wildman–Crippen LogP) is 3.59. The van der Waals surface area contributed by atoms with Crippen molar-refractivity contribution in [2.24, 2.45) is 5.73 Å². The molecule has 1 saturated carbocycles. The van der Waals surface area contributed by atoms with Crippen molar-refractivity contribution >= 4 is 40.6 Å². The van der Waals surface area contributed by atoms with Crippen LogP contribution in [0.5, 0.6) is 5.75 Å². The SMILES string of the molecule is COc1ccccc1N(C(=O)c1snc(C(N)=O)c1N)[C@H](C(=O)NC1CCCC1)c1ccc(C)cc1. The molecule has 1 aliphatic carbocycles. The molecular weight excluding hydrogens is 478 g/mol. The zero-order valence-corrected chi connectivity index (χ0v) is 21.0. The second-order valence-corrected chi connectivity index (χ2v) is 9.56. The predicted molar refractivity (Wildman–Crippen MR) is 139 cm³/mol. The lowest BCUT2D eigenvalue weighted by molar-refractivity contribution is -0.123. The topological polar surface area (TPSA) is 141 Å². The lowest BCUT2D eigenvalue weighted by Gasteiger charge is -2.33. The van der Waals surface area contributed by atoms with Crippen molar-refractivity contribution in [3.05, 3.63) is 70.2 Å². The number of anilines is 2. The van der Waals surface area contributed by atoms with E-state index in [9.17, 15) is 14.4 Å². The molecule has 1 aromatic heterocycles. The van der Waals surface area contributed by atoms with Gasteiger partial charge in [-0.3, -0.25) is 19.3 Å². The Hall–Kier alpha value is -3.92. The zero-order chi connectivity index (χ0) is 25.8. The van der Waals surface area contributed by atoms with Crippen LogP contribution >= 0.6 is 11.5 Å². The number of carbonyl (C=O) groups is 3. The summed E-state index contributed by atoms with van der Waals surface area (Å²) < 4.78 is 9.55. The second-order valence-electron chi connectivity index (χ2n) is 8.79. The Labute approximate surface area is 213 Å². The van der Waals surface area contributed by atoms with E-state index in [0.717, 1.165) is 42.8 Å². The third kappa shape index (κ3) is 5.03. The maximum atomic E-state index is 14.1. The normalized spacial score (nSPS) is 14.3. The Morgan fingerprint density at radius 1 is 1.11 bits per heavy atom. The minimum absolute atomic E-state index is 0.0143. The number of para-hydroxylation sites is 2. The minimum atomic E-state index is -1.03. The van der Waals surface area contributed by atoms with Crippen LogP contribution in [0.1, 0.15) is 63.0 Å². The molecule has 188 valence electrons. The van der Waals surface area contributed by atoms with Crippen molar-refractivity contribution in [2.75, 3.05) is 17.7 Å². The summed E-state index contributed by atoms with van der Waals surface area (Å²) in [5.74, 6) is -1.34. The maximum Gasteiger partial charge on any atom is 0.273 e. The molecule has 1 fully saturated rings. The van der Waals surface area contributed by atoms with Gasteiger partial charge in [0, 0.05) is 6.04 Å². The molecular formula is C26H29N5O4S. The summed E-state index contributed by atoms with van der Waals surface area (Å²) in [7, 11) is 1.49. The van der Waals surface area contributed by atoms with Crippen LogP contribution < -0.4 is 26.4 Å². The number of aromatic nitrogens is 1. The molecule has 0 bridgehead atoms. The highest BCUT2D eigenvalue weighted by atomic mass is 32.1. The Bertz CT molecular complexity index is 1270. The van der Waals surface area contributed by atoms with Crippen LogP contribution in [0.2, 0.25) is 0 Å². The van der Waals surface area contributed by atoms with Crippen molar-refractivity contribution < 1.29 is 19.1 Å². The Kier molecular flexibility index (Phi) is 7.54. The first-order chi connectivity index (χ1) is 17.3. The van der Waals surface area contributed by atoms with Crippen molar-refractivity contribution in [2.45, 2.75) is 44.7 Å². The number of methoxy groups -OCH3 is 1. The molecule has 3 aromatic rings. The number of nitrogen functional groups attached to an aromatic ring is 1. The van der Waals surface area contributed by atoms with E-state index >= 15 is 0 Å². The molecule has 9 nitrogen and oxygen atoms in total. The third-order valence-electron chi connectivity index (χ3n) is 6.32. The summed E-state index contributed by atoms with van der Waals surface area (Å²) in [6.07, 6.45) is 3.86. The van der Waals surface area contributed by atoms with Gasteiger partial charge in [0.05, 0.1) is 18.5 Å². The molecule has 4 rings (SSSR count). The van der Waals surface area contributed by atoms with Gasteiger partial charge < -0.3 is 21.5 Å². The molecule has 3 amide bonds. The number of primary amides is 1. The molecule has 0 radical (unpaired) electrons. The van der Waals surface area contributed by atoms with Gasteiger partial charge in [-0.1, -0.05) is 54.8 Å². The van der Waals surface area contributed by atoms with Gasteiger partial charge in [0.15, 0.2) is 5.69 Å². The number of hydrogen-bond donors (Lipinski definition) is 3. The number of nitrogens with zero attached hydrogens (tertiary/aromatic N) is 2. The van der Waals surface area contributed by atoms with Gasteiger partial charge in [-0.15, -0.1) is 0 Å². The van der Waals surface area contributed by atoms with Gasteiger partial charge in [0.2, 0.25) is 5.91 Å². The number of aryl methyl sites for hydroxylation is 1. The fourth-order valence-corrected chi connectivity index (χ4v) is 5.19. The lowest BCUT2D eigenvalue weighted by Crippen LogP contribution is -2.46. The molecule has 10 heteroatoms. The number of carbonyl (C=O) groups excluding carboxylic acids is 3. The summed E-state index contributed by atoms with van der Waals surface area (Å²) in [6.45, 7) is 1.95. The molecule has 0 aliphatic heterocycles. The van der Waals surface area contributed by atoms with Crippen LogP contribution in [0.25, 0.3) is 0 Å². The third-order valence-corrected chi connectivity index (χ3v) is 7.17. The fraction of sp³-hybridized carbons (Fsp3) is 0.308. The van der Waals surface area contributed by atoms with Crippen LogP contribution in [0.4, 0.5) is 11.4 Å². The molecule has 0 saturated heterocycles. The lowest BCUT2D eigenvalue weighted by atomic mass is 10.0. The van der Waals surface area contributed by atoms with E-state index in [1.807, 2.05) is 31.2 Å². The zero-order valence-electron chi connectivity index (χ0n) is 20.2. The van der Waals surface area contributed by atoms with Crippen LogP contribution in [0.3, 0.4) is 0 Å². The van der Waals surface area contributed by atoms with Gasteiger partial charge in [0.25, 0.3) is 11.8 Å². The van der Waals surface area contributed by atoms with Gasteiger partial charge in [-0.2, -0.15) is 4.37 Å². The summed E-state index contributed by atoms with van der Waals surface area (Å²) in [5.41, 5.74) is 13.2. The van der Waals surface area contributed by atoms with Crippen molar-refractivity contribution in [1.29, 1.82) is 0 Å². The van der Waals surface area contributed by atoms with E-state index in [2.05, 4.69) is 9.69 Å². The smallest absolute Gasteiger partial charge is 0.273 e. The number of nitrogens with one attached hydrogen (secondary N) is 1. The Balaban J connectivity index is 1.88. The Morgan fingerprint density at radius 2 is 1.78 bits per heavy atom. The van der Waals surface area contributed by atoms with Crippen molar-refractivity contribution in [1.82, 2.24) is 9.69 Å². The second kappa shape index (κ2) is 10.8. The molecule has 1 aliphatic rings. The number of benzene rings is 2. The number of hydrogen-bond acceptors (Lipinski definition) is 7. The Morgan fingerprint density at radius 3 is 2.39 bits per heavy atom. The molecule has 5 N–H and O–H groups in total. The monoisotopic (exact) mass is 507 g/mol. The number of rotatable bonds is 8. The van der Waals surface area contributed by atoms with Crippen LogP contribution in [0, 0.1) is 6.92 Å². The van der Waals surface area contributed by atoms with Gasteiger partial charge >= 0.3 is 0 Å². The highest BCUT2D eigenvalue weighted by molar-refractivity contribution is 7.09. The summed E-state index contributed by atoms with van der Waals surface area (Å²) >= 11 is 0.769. The molecule has 1 atom stereocenters. The highest BCUT2D eigenvalue weighted by Gasteiger charge is 2.38. The quantitative estimate of drug-likeness (QED) is 0.426. The van der Waals surface area contributed by atoms with E-state index in [4.69, 9.17) is 16.2 Å². The average Bonchev–Trinajstić information content (AvgIpc) is 3.52. The average molecular weight is 508 g/mol. The standard InChI is InChI=1S/C26H29N5O4S/c1-15-11-13-16(14-12-15)22(25(33)29-17-7-3-4-8-17)31(18-9-5-6-10-19(18)35-2)26(34)23-20(27)21(24(28)32)30-36-23/h5-6,9-14,17,22H,3-4,7-8,27H2,1-2H3,(H2,28,32)(H,29,33)/t22-/m0/s1. The fourth-order valence-electron chi connectivity index (χ4n) is 4.45. The van der Waals surface area contributed by atoms with E-state index < -0.39 is 17.9 Å².